The van der Waals surface area contributed by atoms with Crippen LogP contribution in [0.5, 0.6) is 0 Å². The number of amides is 1. The zero-order chi connectivity index (χ0) is 13.0. The Bertz CT molecular complexity index is 468. The van der Waals surface area contributed by atoms with Gasteiger partial charge in [-0.1, -0.05) is 13.3 Å². The van der Waals surface area contributed by atoms with Crippen molar-refractivity contribution in [1.82, 2.24) is 10.3 Å². The molecule has 1 aromatic rings. The maximum Gasteiger partial charge on any atom is 0.261 e. The van der Waals surface area contributed by atoms with Crippen molar-refractivity contribution >= 4 is 21.8 Å². The normalized spacial score (nSPS) is 12.2. The van der Waals surface area contributed by atoms with Crippen molar-refractivity contribution < 1.29 is 4.79 Å². The number of hydrogen-bond acceptors (Lipinski definition) is 2. The average molecular weight is 301 g/mol. The molecular formula is C12H17BrN2O2. The largest absolute Gasteiger partial charge is 0.349 e. The molecule has 1 rings (SSSR count). The van der Waals surface area contributed by atoms with Gasteiger partial charge in [0.1, 0.15) is 5.56 Å². The highest BCUT2D eigenvalue weighted by Gasteiger charge is 2.14. The van der Waals surface area contributed by atoms with Gasteiger partial charge in [-0.15, -0.1) is 0 Å². The minimum Gasteiger partial charge on any atom is -0.349 e. The van der Waals surface area contributed by atoms with Crippen molar-refractivity contribution in [3.63, 3.8) is 0 Å². The minimum absolute atomic E-state index is 0.0759. The second-order valence-electron chi connectivity index (χ2n) is 4.15. The minimum atomic E-state index is -0.355. The van der Waals surface area contributed by atoms with Gasteiger partial charge in [0.15, 0.2) is 0 Å². The van der Waals surface area contributed by atoms with Crippen LogP contribution in [-0.2, 0) is 0 Å². The van der Waals surface area contributed by atoms with Crippen molar-refractivity contribution in [3.8, 4) is 0 Å². The first-order valence-corrected chi connectivity index (χ1v) is 6.45. The molecule has 94 valence electrons. The lowest BCUT2D eigenvalue weighted by Crippen LogP contribution is -2.36. The van der Waals surface area contributed by atoms with Crippen molar-refractivity contribution in [3.05, 3.63) is 32.2 Å². The first-order chi connectivity index (χ1) is 7.95. The van der Waals surface area contributed by atoms with Gasteiger partial charge in [-0.2, -0.15) is 0 Å². The van der Waals surface area contributed by atoms with Crippen LogP contribution in [0.4, 0.5) is 0 Å². The molecule has 0 saturated carbocycles. The van der Waals surface area contributed by atoms with Crippen molar-refractivity contribution in [1.29, 1.82) is 0 Å². The summed E-state index contributed by atoms with van der Waals surface area (Å²) < 4.78 is 0.727. The molecule has 1 aromatic heterocycles. The molecule has 0 fully saturated rings. The van der Waals surface area contributed by atoms with Crippen molar-refractivity contribution in [2.45, 2.75) is 39.7 Å². The summed E-state index contributed by atoms with van der Waals surface area (Å²) in [7, 11) is 0. The fraction of sp³-hybridized carbons (Fsp3) is 0.500. The quantitative estimate of drug-likeness (QED) is 0.897. The summed E-state index contributed by atoms with van der Waals surface area (Å²) in [4.78, 5) is 26.1. The Labute approximate surface area is 109 Å². The highest BCUT2D eigenvalue weighted by atomic mass is 79.9. The zero-order valence-corrected chi connectivity index (χ0v) is 11.8. The van der Waals surface area contributed by atoms with Gasteiger partial charge < -0.3 is 10.3 Å². The van der Waals surface area contributed by atoms with Crippen molar-refractivity contribution in [2.24, 2.45) is 0 Å². The van der Waals surface area contributed by atoms with Crippen LogP contribution >= 0.6 is 15.9 Å². The molecular weight excluding hydrogens is 284 g/mol. The molecule has 0 bridgehead atoms. The number of hydrogen-bond donors (Lipinski definition) is 2. The van der Waals surface area contributed by atoms with Gasteiger partial charge in [-0.3, -0.25) is 9.59 Å². The van der Waals surface area contributed by atoms with E-state index in [0.717, 1.165) is 17.3 Å². The summed E-state index contributed by atoms with van der Waals surface area (Å²) in [6, 6.07) is 1.63. The fourth-order valence-electron chi connectivity index (χ4n) is 1.57. The molecule has 1 atom stereocenters. The van der Waals surface area contributed by atoms with Crippen LogP contribution in [0.15, 0.2) is 15.3 Å². The SMILES string of the molecule is CCC[C@H](C)NC(=O)c1cc(Br)c(C)[nH]c1=O. The van der Waals surface area contributed by atoms with Gasteiger partial charge in [0.05, 0.1) is 0 Å². The molecule has 0 aliphatic rings. The smallest absolute Gasteiger partial charge is 0.261 e. The predicted molar refractivity (Wildman–Crippen MR) is 71.3 cm³/mol. The second-order valence-corrected chi connectivity index (χ2v) is 5.00. The summed E-state index contributed by atoms with van der Waals surface area (Å²) in [6.45, 7) is 5.75. The summed E-state index contributed by atoms with van der Waals surface area (Å²) >= 11 is 3.30. The lowest BCUT2D eigenvalue weighted by Gasteiger charge is -2.12. The molecule has 0 radical (unpaired) electrons. The molecule has 0 spiro atoms. The number of carbonyl (C=O) groups excluding carboxylic acids is 1. The third-order valence-electron chi connectivity index (χ3n) is 2.52. The van der Waals surface area contributed by atoms with Crippen molar-refractivity contribution in [2.75, 3.05) is 0 Å². The Hall–Kier alpha value is -1.10. The van der Waals surface area contributed by atoms with Crippen LogP contribution in [0.25, 0.3) is 0 Å². The number of pyridine rings is 1. The molecule has 0 aliphatic heterocycles. The van der Waals surface area contributed by atoms with Gasteiger partial charge in [0, 0.05) is 16.2 Å². The zero-order valence-electron chi connectivity index (χ0n) is 10.3. The van der Waals surface area contributed by atoms with Gasteiger partial charge in [-0.05, 0) is 42.3 Å². The van der Waals surface area contributed by atoms with Crippen LogP contribution in [0.1, 0.15) is 42.7 Å². The van der Waals surface area contributed by atoms with Gasteiger partial charge in [0.2, 0.25) is 0 Å². The van der Waals surface area contributed by atoms with E-state index >= 15 is 0 Å². The maximum absolute atomic E-state index is 11.9. The summed E-state index contributed by atoms with van der Waals surface area (Å²) in [6.07, 6.45) is 1.89. The Kier molecular flexibility index (Phi) is 4.93. The summed E-state index contributed by atoms with van der Waals surface area (Å²) in [5.41, 5.74) is 0.505. The third-order valence-corrected chi connectivity index (χ3v) is 3.34. The van der Waals surface area contributed by atoms with Crippen LogP contribution in [0.2, 0.25) is 0 Å². The Balaban J connectivity index is 2.90. The van der Waals surface area contributed by atoms with E-state index in [1.807, 2.05) is 6.92 Å². The molecule has 4 nitrogen and oxygen atoms in total. The molecule has 1 amide bonds. The van der Waals surface area contributed by atoms with E-state index in [2.05, 4.69) is 33.2 Å². The first kappa shape index (κ1) is 14.0. The number of carbonyl (C=O) groups is 1. The number of H-pyrrole nitrogens is 1. The number of halogens is 1. The van der Waals surface area contributed by atoms with Gasteiger partial charge >= 0.3 is 0 Å². The van der Waals surface area contributed by atoms with E-state index in [-0.39, 0.29) is 23.1 Å². The summed E-state index contributed by atoms with van der Waals surface area (Å²) in [5, 5.41) is 2.80. The third kappa shape index (κ3) is 3.70. The topological polar surface area (TPSA) is 62.0 Å². The molecule has 0 unspecified atom stereocenters. The monoisotopic (exact) mass is 300 g/mol. The molecule has 1 heterocycles. The number of nitrogens with one attached hydrogen (secondary N) is 2. The van der Waals surface area contributed by atoms with E-state index in [1.54, 1.807) is 13.0 Å². The van der Waals surface area contributed by atoms with Gasteiger partial charge in [0.25, 0.3) is 11.5 Å². The predicted octanol–water partition coefficient (Wildman–Crippen LogP) is 2.36. The van der Waals surface area contributed by atoms with Crippen LogP contribution in [0.3, 0.4) is 0 Å². The van der Waals surface area contributed by atoms with Gasteiger partial charge in [-0.25, -0.2) is 0 Å². The van der Waals surface area contributed by atoms with E-state index in [0.29, 0.717) is 5.69 Å². The van der Waals surface area contributed by atoms with E-state index < -0.39 is 0 Å². The molecule has 2 N–H and O–H groups in total. The second kappa shape index (κ2) is 6.00. The van der Waals surface area contributed by atoms with Crippen LogP contribution < -0.4 is 10.9 Å². The van der Waals surface area contributed by atoms with E-state index in [9.17, 15) is 9.59 Å². The number of aromatic nitrogens is 1. The first-order valence-electron chi connectivity index (χ1n) is 5.66. The lowest BCUT2D eigenvalue weighted by atomic mass is 10.1. The molecule has 5 heteroatoms. The molecule has 0 aromatic carbocycles. The maximum atomic E-state index is 11.9. The standard InChI is InChI=1S/C12H17BrN2O2/c1-4-5-7(2)14-11(16)9-6-10(13)8(3)15-12(9)17/h6-7H,4-5H2,1-3H3,(H,14,16)(H,15,17)/t7-/m0/s1. The molecule has 0 aliphatic carbocycles. The van der Waals surface area contributed by atoms with E-state index in [4.69, 9.17) is 0 Å². The Morgan fingerprint density at radius 1 is 1.59 bits per heavy atom. The van der Waals surface area contributed by atoms with Crippen LogP contribution in [-0.4, -0.2) is 16.9 Å². The molecule has 0 saturated heterocycles. The lowest BCUT2D eigenvalue weighted by molar-refractivity contribution is 0.0936. The van der Waals surface area contributed by atoms with Crippen LogP contribution in [0, 0.1) is 6.92 Å². The fourth-order valence-corrected chi connectivity index (χ4v) is 1.90. The summed E-state index contributed by atoms with van der Waals surface area (Å²) in [5.74, 6) is -0.326. The Morgan fingerprint density at radius 2 is 2.24 bits per heavy atom. The Morgan fingerprint density at radius 3 is 2.82 bits per heavy atom. The number of rotatable bonds is 4. The average Bonchev–Trinajstić information content (AvgIpc) is 2.23. The molecule has 17 heavy (non-hydrogen) atoms. The van der Waals surface area contributed by atoms with E-state index in [1.165, 1.54) is 0 Å². The number of aryl methyl sites for hydroxylation is 1. The number of aromatic amines is 1. The highest BCUT2D eigenvalue weighted by Crippen LogP contribution is 2.12. The highest BCUT2D eigenvalue weighted by molar-refractivity contribution is 9.10.